The molecule has 0 saturated carbocycles. The number of amides is 1. The number of hydrogen-bond donors (Lipinski definition) is 2. The van der Waals surface area contributed by atoms with Crippen LogP contribution < -0.4 is 5.32 Å². The summed E-state index contributed by atoms with van der Waals surface area (Å²) in [5.74, 6) is -1.41. The lowest BCUT2D eigenvalue weighted by Gasteiger charge is -2.06. The summed E-state index contributed by atoms with van der Waals surface area (Å²) in [4.78, 5) is 20.7. The van der Waals surface area contributed by atoms with E-state index in [9.17, 15) is 9.59 Å². The molecule has 0 aromatic carbocycles. The molecule has 0 spiro atoms. The smallest absolute Gasteiger partial charge is 0.332 e. The molecule has 0 aromatic rings. The molecule has 2 N–H and O–H groups in total. The Morgan fingerprint density at radius 1 is 1.64 bits per heavy atom. The number of carbonyl (C=O) groups excluding carboxylic acids is 1. The van der Waals surface area contributed by atoms with Crippen LogP contribution in [0.2, 0.25) is 0 Å². The maximum absolute atomic E-state index is 10.5. The van der Waals surface area contributed by atoms with E-state index < -0.39 is 12.1 Å². The van der Waals surface area contributed by atoms with E-state index in [4.69, 9.17) is 5.11 Å². The second kappa shape index (κ2) is 4.68. The highest BCUT2D eigenvalue weighted by atomic mass is 16.5. The highest BCUT2D eigenvalue weighted by Gasteiger charge is 2.11. The minimum atomic E-state index is -1.08. The van der Waals surface area contributed by atoms with Crippen molar-refractivity contribution in [1.29, 1.82) is 0 Å². The van der Waals surface area contributed by atoms with E-state index in [-0.39, 0.29) is 12.5 Å². The number of rotatable bonds is 4. The second-order valence-electron chi connectivity index (χ2n) is 1.96. The second-order valence-corrected chi connectivity index (χ2v) is 1.96. The quantitative estimate of drug-likeness (QED) is 0.567. The summed E-state index contributed by atoms with van der Waals surface area (Å²) in [6.07, 6.45) is -0.938. The number of ether oxygens (including phenoxy) is 1. The molecule has 64 valence electrons. The van der Waals surface area contributed by atoms with Crippen LogP contribution in [0.5, 0.6) is 0 Å². The Morgan fingerprint density at radius 3 is 2.55 bits per heavy atom. The molecule has 5 heteroatoms. The van der Waals surface area contributed by atoms with Crippen molar-refractivity contribution in [3.63, 3.8) is 0 Å². The number of likely N-dealkylation sites (N-methyl/N-ethyl adjacent to an activating group) is 1. The van der Waals surface area contributed by atoms with Crippen molar-refractivity contribution in [2.45, 2.75) is 13.0 Å². The predicted molar refractivity (Wildman–Crippen MR) is 37.1 cm³/mol. The van der Waals surface area contributed by atoms with Gasteiger partial charge in [-0.2, -0.15) is 0 Å². The molecule has 1 atom stereocenters. The average molecular weight is 161 g/mol. The lowest BCUT2D eigenvalue weighted by molar-refractivity contribution is -0.150. The van der Waals surface area contributed by atoms with Gasteiger partial charge in [0.05, 0.1) is 0 Å². The van der Waals surface area contributed by atoms with Gasteiger partial charge in [-0.05, 0) is 6.92 Å². The van der Waals surface area contributed by atoms with E-state index in [2.05, 4.69) is 10.1 Å². The van der Waals surface area contributed by atoms with E-state index in [0.717, 1.165) is 0 Å². The van der Waals surface area contributed by atoms with Crippen LogP contribution in [-0.2, 0) is 14.3 Å². The van der Waals surface area contributed by atoms with Gasteiger partial charge in [-0.15, -0.1) is 0 Å². The summed E-state index contributed by atoms with van der Waals surface area (Å²) < 4.78 is 4.64. The molecule has 11 heavy (non-hydrogen) atoms. The number of carboxylic acid groups (broad SMARTS) is 1. The fourth-order valence-corrected chi connectivity index (χ4v) is 0.344. The largest absolute Gasteiger partial charge is 0.479 e. The van der Waals surface area contributed by atoms with Gasteiger partial charge in [0.2, 0.25) is 5.91 Å². The first kappa shape index (κ1) is 9.90. The fourth-order valence-electron chi connectivity index (χ4n) is 0.344. The maximum Gasteiger partial charge on any atom is 0.332 e. The van der Waals surface area contributed by atoms with Gasteiger partial charge < -0.3 is 15.2 Å². The van der Waals surface area contributed by atoms with Gasteiger partial charge in [0.15, 0.2) is 6.10 Å². The summed E-state index contributed by atoms with van der Waals surface area (Å²) in [6, 6.07) is 0. The standard InChI is InChI=1S/C6H11NO4/c1-4(6(9)10)11-3-5(8)7-2/h4H,3H2,1-2H3,(H,7,8)(H,9,10)/t4-/m0/s1. The molecule has 0 aliphatic carbocycles. The Kier molecular flexibility index (Phi) is 4.21. The molecule has 1 amide bonds. The van der Waals surface area contributed by atoms with Crippen LogP contribution in [0.1, 0.15) is 6.92 Å². The molecule has 0 aliphatic rings. The number of carbonyl (C=O) groups is 2. The Hall–Kier alpha value is -1.10. The van der Waals surface area contributed by atoms with E-state index in [1.165, 1.54) is 14.0 Å². The van der Waals surface area contributed by atoms with Gasteiger partial charge in [-0.1, -0.05) is 0 Å². The molecule has 0 saturated heterocycles. The highest BCUT2D eigenvalue weighted by molar-refractivity contribution is 5.77. The minimum Gasteiger partial charge on any atom is -0.479 e. The van der Waals surface area contributed by atoms with Crippen LogP contribution >= 0.6 is 0 Å². The van der Waals surface area contributed by atoms with Crippen molar-refractivity contribution in [2.75, 3.05) is 13.7 Å². The predicted octanol–water partition coefficient (Wildman–Crippen LogP) is -0.778. The van der Waals surface area contributed by atoms with Crippen molar-refractivity contribution in [2.24, 2.45) is 0 Å². The number of hydrogen-bond acceptors (Lipinski definition) is 3. The van der Waals surface area contributed by atoms with E-state index >= 15 is 0 Å². The van der Waals surface area contributed by atoms with Crippen molar-refractivity contribution in [3.05, 3.63) is 0 Å². The SMILES string of the molecule is CNC(=O)CO[C@@H](C)C(=O)O. The highest BCUT2D eigenvalue weighted by Crippen LogP contribution is 1.88. The lowest BCUT2D eigenvalue weighted by atomic mass is 10.4. The molecule has 0 bridgehead atoms. The first-order chi connectivity index (χ1) is 5.07. The topological polar surface area (TPSA) is 75.6 Å². The third-order valence-electron chi connectivity index (χ3n) is 1.09. The third-order valence-corrected chi connectivity index (χ3v) is 1.09. The van der Waals surface area contributed by atoms with Gasteiger partial charge in [-0.25, -0.2) is 4.79 Å². The van der Waals surface area contributed by atoms with Crippen LogP contribution in [-0.4, -0.2) is 36.7 Å². The van der Waals surface area contributed by atoms with Crippen LogP contribution in [0.3, 0.4) is 0 Å². The lowest BCUT2D eigenvalue weighted by Crippen LogP contribution is -2.28. The fraction of sp³-hybridized carbons (Fsp3) is 0.667. The molecule has 5 nitrogen and oxygen atoms in total. The monoisotopic (exact) mass is 161 g/mol. The molecule has 0 unspecified atom stereocenters. The van der Waals surface area contributed by atoms with Crippen LogP contribution in [0.15, 0.2) is 0 Å². The van der Waals surface area contributed by atoms with Crippen molar-refractivity contribution in [1.82, 2.24) is 5.32 Å². The molecule has 0 rings (SSSR count). The van der Waals surface area contributed by atoms with E-state index in [1.54, 1.807) is 0 Å². The van der Waals surface area contributed by atoms with Gasteiger partial charge in [0, 0.05) is 7.05 Å². The zero-order valence-electron chi connectivity index (χ0n) is 6.46. The molecule has 0 heterocycles. The van der Waals surface area contributed by atoms with Gasteiger partial charge >= 0.3 is 5.97 Å². The normalized spacial score (nSPS) is 12.2. The van der Waals surface area contributed by atoms with Crippen LogP contribution in [0, 0.1) is 0 Å². The molecular formula is C6H11NO4. The summed E-state index contributed by atoms with van der Waals surface area (Å²) in [6.45, 7) is 1.15. The molecule has 0 aliphatic heterocycles. The summed E-state index contributed by atoms with van der Waals surface area (Å²) in [7, 11) is 1.46. The van der Waals surface area contributed by atoms with Crippen molar-refractivity contribution >= 4 is 11.9 Å². The van der Waals surface area contributed by atoms with Gasteiger partial charge in [0.1, 0.15) is 6.61 Å². The molecule has 0 aromatic heterocycles. The third kappa shape index (κ3) is 4.32. The Bertz CT molecular complexity index is 157. The zero-order valence-corrected chi connectivity index (χ0v) is 6.46. The van der Waals surface area contributed by atoms with Crippen LogP contribution in [0.4, 0.5) is 0 Å². The van der Waals surface area contributed by atoms with Crippen molar-refractivity contribution in [3.8, 4) is 0 Å². The molecular weight excluding hydrogens is 150 g/mol. The number of nitrogens with one attached hydrogen (secondary N) is 1. The maximum atomic E-state index is 10.5. The summed E-state index contributed by atoms with van der Waals surface area (Å²) in [5, 5.41) is 10.6. The van der Waals surface area contributed by atoms with Crippen LogP contribution in [0.25, 0.3) is 0 Å². The van der Waals surface area contributed by atoms with E-state index in [1.807, 2.05) is 0 Å². The minimum absolute atomic E-state index is 0.218. The summed E-state index contributed by atoms with van der Waals surface area (Å²) >= 11 is 0. The van der Waals surface area contributed by atoms with Crippen molar-refractivity contribution < 1.29 is 19.4 Å². The number of aliphatic carboxylic acids is 1. The first-order valence-electron chi connectivity index (χ1n) is 3.13. The Labute approximate surface area is 64.3 Å². The van der Waals surface area contributed by atoms with Gasteiger partial charge in [-0.3, -0.25) is 4.79 Å². The van der Waals surface area contributed by atoms with Gasteiger partial charge in [0.25, 0.3) is 0 Å². The Morgan fingerprint density at radius 2 is 2.18 bits per heavy atom. The number of carboxylic acids is 1. The molecule has 0 radical (unpaired) electrons. The summed E-state index contributed by atoms with van der Waals surface area (Å²) in [5.41, 5.74) is 0. The van der Waals surface area contributed by atoms with E-state index in [0.29, 0.717) is 0 Å². The first-order valence-corrected chi connectivity index (χ1v) is 3.13. The zero-order chi connectivity index (χ0) is 8.85. The average Bonchev–Trinajstić information content (AvgIpc) is 1.99. The molecule has 0 fully saturated rings. The Balaban J connectivity index is 3.54.